The smallest absolute Gasteiger partial charge is 0.338 e. The van der Waals surface area contributed by atoms with Crippen molar-refractivity contribution < 1.29 is 29.0 Å². The lowest BCUT2D eigenvalue weighted by atomic mass is 10.6. The predicted molar refractivity (Wildman–Crippen MR) is 33.8 cm³/mol. The van der Waals surface area contributed by atoms with Crippen LogP contribution in [0.25, 0.3) is 0 Å². The number of ether oxygens (including phenoxy) is 1. The molecular formula is C4H5O6P. The Kier molecular flexibility index (Phi) is 4.56. The molecule has 1 heterocycles. The van der Waals surface area contributed by atoms with Crippen LogP contribution in [0, 0.1) is 0 Å². The van der Waals surface area contributed by atoms with E-state index in [1.165, 1.54) is 0 Å². The second kappa shape index (κ2) is 4.92. The number of cyclic esters (lactones) is 2. The molecule has 1 aliphatic heterocycles. The maximum absolute atomic E-state index is 9.92. The van der Waals surface area contributed by atoms with Crippen LogP contribution in [0.3, 0.4) is 0 Å². The largest absolute Gasteiger partial charge is 0.387 e. The fraction of sp³-hybridized carbons (Fsp3) is 0. The average molecular weight is 180 g/mol. The molecule has 0 aromatic rings. The van der Waals surface area contributed by atoms with E-state index in [4.69, 9.17) is 14.7 Å². The molecule has 62 valence electrons. The van der Waals surface area contributed by atoms with Gasteiger partial charge in [-0.15, -0.1) is 0 Å². The molecule has 0 fully saturated rings. The predicted octanol–water partition coefficient (Wildman–Crippen LogP) is -1.18. The number of hydrogen-bond acceptors (Lipinski definition) is 6. The lowest BCUT2D eigenvalue weighted by Gasteiger charge is -1.80. The monoisotopic (exact) mass is 180 g/mol. The van der Waals surface area contributed by atoms with Crippen LogP contribution in [0.1, 0.15) is 0 Å². The van der Waals surface area contributed by atoms with Crippen LogP contribution < -0.4 is 0 Å². The molecule has 0 unspecified atom stereocenters. The molecule has 0 amide bonds. The summed E-state index contributed by atoms with van der Waals surface area (Å²) in [5.41, 5.74) is 0. The topological polar surface area (TPSA) is 104 Å². The number of hydrogen-bond donors (Lipinski definition) is 3. The van der Waals surface area contributed by atoms with E-state index in [0.717, 1.165) is 12.2 Å². The maximum Gasteiger partial charge on any atom is 0.338 e. The van der Waals surface area contributed by atoms with Gasteiger partial charge in [0, 0.05) is 12.2 Å². The highest BCUT2D eigenvalue weighted by atomic mass is 31.2. The second-order valence-electron chi connectivity index (χ2n) is 1.34. The van der Waals surface area contributed by atoms with Gasteiger partial charge in [-0.2, -0.15) is 0 Å². The van der Waals surface area contributed by atoms with Gasteiger partial charge in [-0.05, 0) is 0 Å². The van der Waals surface area contributed by atoms with Crippen molar-refractivity contribution in [3.63, 3.8) is 0 Å². The molecule has 1 aliphatic rings. The number of carbonyl (C=O) groups excluding carboxylic acids is 2. The molecule has 11 heavy (non-hydrogen) atoms. The quantitative estimate of drug-likeness (QED) is 0.246. The first-order valence-electron chi connectivity index (χ1n) is 2.33. The van der Waals surface area contributed by atoms with Crippen molar-refractivity contribution in [3.05, 3.63) is 12.2 Å². The lowest BCUT2D eigenvalue weighted by Crippen LogP contribution is -1.96. The van der Waals surface area contributed by atoms with Crippen LogP contribution in [0.5, 0.6) is 0 Å². The van der Waals surface area contributed by atoms with Crippen molar-refractivity contribution in [2.75, 3.05) is 0 Å². The highest BCUT2D eigenvalue weighted by Gasteiger charge is 2.10. The van der Waals surface area contributed by atoms with Gasteiger partial charge in [-0.3, -0.25) is 0 Å². The molecule has 0 aliphatic carbocycles. The molecule has 7 heteroatoms. The van der Waals surface area contributed by atoms with Crippen LogP contribution in [0.2, 0.25) is 0 Å². The third kappa shape index (κ3) is 7.08. The van der Waals surface area contributed by atoms with Crippen LogP contribution in [-0.4, -0.2) is 26.6 Å². The number of esters is 2. The van der Waals surface area contributed by atoms with E-state index in [1.54, 1.807) is 0 Å². The molecule has 0 saturated carbocycles. The van der Waals surface area contributed by atoms with Crippen LogP contribution in [0.15, 0.2) is 12.2 Å². The Balaban J connectivity index is 0.000000218. The molecule has 0 atom stereocenters. The Morgan fingerprint density at radius 2 is 1.36 bits per heavy atom. The molecule has 3 N–H and O–H groups in total. The van der Waals surface area contributed by atoms with Gasteiger partial charge < -0.3 is 19.4 Å². The fourth-order valence-electron chi connectivity index (χ4n) is 0.303. The summed E-state index contributed by atoms with van der Waals surface area (Å²) in [6.07, 6.45) is 2.17. The number of carbonyl (C=O) groups is 2. The molecule has 0 spiro atoms. The summed E-state index contributed by atoms with van der Waals surface area (Å²) < 4.78 is 3.97. The minimum atomic E-state index is -2.62. The molecule has 0 bridgehead atoms. The van der Waals surface area contributed by atoms with Gasteiger partial charge in [0.1, 0.15) is 0 Å². The van der Waals surface area contributed by atoms with Gasteiger partial charge in [-0.25, -0.2) is 9.59 Å². The Bertz CT molecular complexity index is 166. The summed E-state index contributed by atoms with van der Waals surface area (Å²) in [5.74, 6) is -1.16. The first-order valence-corrected chi connectivity index (χ1v) is 3.53. The van der Waals surface area contributed by atoms with Crippen LogP contribution >= 0.6 is 8.60 Å². The van der Waals surface area contributed by atoms with Crippen molar-refractivity contribution in [3.8, 4) is 0 Å². The summed E-state index contributed by atoms with van der Waals surface area (Å²) in [6, 6.07) is 0. The Hall–Kier alpha value is -0.810. The molecule has 0 radical (unpaired) electrons. The maximum atomic E-state index is 9.92. The SMILES string of the molecule is O=C1C=CC(=O)O1.OP(O)O. The van der Waals surface area contributed by atoms with Crippen molar-refractivity contribution in [1.29, 1.82) is 0 Å². The highest BCUT2D eigenvalue weighted by Crippen LogP contribution is 2.11. The summed E-state index contributed by atoms with van der Waals surface area (Å²) in [6.45, 7) is 0. The van der Waals surface area contributed by atoms with E-state index in [0.29, 0.717) is 0 Å². The Morgan fingerprint density at radius 1 is 1.09 bits per heavy atom. The van der Waals surface area contributed by atoms with Gasteiger partial charge in [0.15, 0.2) is 0 Å². The number of rotatable bonds is 0. The van der Waals surface area contributed by atoms with Gasteiger partial charge in [-0.1, -0.05) is 0 Å². The molecule has 0 aromatic heterocycles. The first kappa shape index (κ1) is 10.2. The van der Waals surface area contributed by atoms with E-state index in [9.17, 15) is 9.59 Å². The van der Waals surface area contributed by atoms with Crippen LogP contribution in [-0.2, 0) is 14.3 Å². The molecule has 0 saturated heterocycles. The van der Waals surface area contributed by atoms with Gasteiger partial charge in [0.25, 0.3) is 0 Å². The average Bonchev–Trinajstić information content (AvgIpc) is 2.13. The van der Waals surface area contributed by atoms with E-state index in [1.807, 2.05) is 0 Å². The van der Waals surface area contributed by atoms with Crippen molar-refractivity contribution in [2.45, 2.75) is 0 Å². The third-order valence-corrected chi connectivity index (χ3v) is 0.557. The minimum absolute atomic E-state index is 0.579. The summed E-state index contributed by atoms with van der Waals surface area (Å²) in [4.78, 5) is 41.5. The van der Waals surface area contributed by atoms with Gasteiger partial charge in [0.05, 0.1) is 0 Å². The minimum Gasteiger partial charge on any atom is -0.387 e. The lowest BCUT2D eigenvalue weighted by molar-refractivity contribution is -0.150. The summed E-state index contributed by atoms with van der Waals surface area (Å²) in [5, 5.41) is 0. The van der Waals surface area contributed by atoms with Crippen molar-refractivity contribution >= 4 is 20.5 Å². The fourth-order valence-corrected chi connectivity index (χ4v) is 0.303. The van der Waals surface area contributed by atoms with E-state index in [-0.39, 0.29) is 0 Å². The Labute approximate surface area is 62.7 Å². The first-order chi connectivity index (χ1) is 5.02. The zero-order valence-electron chi connectivity index (χ0n) is 5.17. The van der Waals surface area contributed by atoms with E-state index in [2.05, 4.69) is 4.74 Å². The Morgan fingerprint density at radius 3 is 1.45 bits per heavy atom. The third-order valence-electron chi connectivity index (χ3n) is 0.557. The zero-order valence-corrected chi connectivity index (χ0v) is 6.06. The highest BCUT2D eigenvalue weighted by molar-refractivity contribution is 7.38. The zero-order chi connectivity index (χ0) is 8.85. The van der Waals surface area contributed by atoms with E-state index >= 15 is 0 Å². The molecule has 6 nitrogen and oxygen atoms in total. The van der Waals surface area contributed by atoms with Crippen molar-refractivity contribution in [2.24, 2.45) is 0 Å². The molecular weight excluding hydrogens is 175 g/mol. The summed E-state index contributed by atoms with van der Waals surface area (Å²) in [7, 11) is -2.62. The standard InChI is InChI=1S/C4H2O3.H3O3P/c5-3-1-2-4(6)7-3;1-4(2)3/h1-2H;1-3H. The van der Waals surface area contributed by atoms with E-state index < -0.39 is 20.5 Å². The normalized spacial score (nSPS) is 14.5. The van der Waals surface area contributed by atoms with Gasteiger partial charge in [0.2, 0.25) is 0 Å². The summed E-state index contributed by atoms with van der Waals surface area (Å²) >= 11 is 0. The molecule has 0 aromatic carbocycles. The van der Waals surface area contributed by atoms with Crippen LogP contribution in [0.4, 0.5) is 0 Å². The van der Waals surface area contributed by atoms with Gasteiger partial charge >= 0.3 is 20.5 Å². The molecule has 1 rings (SSSR count). The second-order valence-corrected chi connectivity index (χ2v) is 1.88. The van der Waals surface area contributed by atoms with Crippen molar-refractivity contribution in [1.82, 2.24) is 0 Å².